The van der Waals surface area contributed by atoms with Gasteiger partial charge in [0.2, 0.25) is 0 Å². The number of likely N-dealkylation sites (N-methyl/N-ethyl adjacent to an activating group) is 1. The van der Waals surface area contributed by atoms with Crippen LogP contribution >= 0.6 is 11.3 Å². The molecule has 2 aliphatic heterocycles. The lowest BCUT2D eigenvalue weighted by Crippen LogP contribution is -2.38. The minimum atomic E-state index is -0.345. The maximum Gasteiger partial charge on any atom is 0.264 e. The molecule has 9 nitrogen and oxygen atoms in total. The number of amides is 1. The highest BCUT2D eigenvalue weighted by molar-refractivity contribution is 7.13. The van der Waals surface area contributed by atoms with Crippen molar-refractivity contribution in [2.75, 3.05) is 40.6 Å². The van der Waals surface area contributed by atoms with Crippen LogP contribution in [0.25, 0.3) is 0 Å². The number of nitrogens with one attached hydrogen (secondary N) is 1. The fourth-order valence-electron chi connectivity index (χ4n) is 3.34. The number of carbonyl (C=O) groups excluding carboxylic acids is 1. The van der Waals surface area contributed by atoms with Gasteiger partial charge < -0.3 is 24.6 Å². The second-order valence-electron chi connectivity index (χ2n) is 7.64. The summed E-state index contributed by atoms with van der Waals surface area (Å²) in [5, 5.41) is 3.87. The van der Waals surface area contributed by atoms with E-state index in [9.17, 15) is 4.79 Å². The summed E-state index contributed by atoms with van der Waals surface area (Å²) < 4.78 is 11.2. The maximum atomic E-state index is 12.6. The molecule has 2 aliphatic rings. The molecule has 0 fully saturated rings. The molecule has 0 saturated heterocycles. The summed E-state index contributed by atoms with van der Waals surface area (Å²) in [6.45, 7) is 5.92. The first-order valence-electron chi connectivity index (χ1n) is 10.0. The van der Waals surface area contributed by atoms with E-state index in [2.05, 4.69) is 20.2 Å². The molecule has 31 heavy (non-hydrogen) atoms. The molecular formula is C21H26N6O3S. The number of hydrogen-bond acceptors (Lipinski definition) is 9. The van der Waals surface area contributed by atoms with E-state index < -0.39 is 0 Å². The van der Waals surface area contributed by atoms with Gasteiger partial charge in [-0.1, -0.05) is 0 Å². The molecule has 3 heterocycles. The Labute approximate surface area is 185 Å². The van der Waals surface area contributed by atoms with E-state index in [0.29, 0.717) is 23.8 Å². The molecule has 10 heteroatoms. The van der Waals surface area contributed by atoms with Gasteiger partial charge >= 0.3 is 0 Å². The van der Waals surface area contributed by atoms with Crippen LogP contribution in [0.1, 0.15) is 25.9 Å². The van der Waals surface area contributed by atoms with Crippen LogP contribution in [0.2, 0.25) is 0 Å². The first-order valence-corrected chi connectivity index (χ1v) is 10.9. The number of aliphatic imine (C=N–C) groups is 2. The SMILES string of the molecule is Cc1nc(C)c(C(=O)NC2CN3C=Nc4cc(OCOCCN(C)C)ccc4C3=N2)s1. The third-order valence-corrected chi connectivity index (χ3v) is 5.94. The topological polar surface area (TPSA) is 91.7 Å². The summed E-state index contributed by atoms with van der Waals surface area (Å²) in [4.78, 5) is 30.8. The van der Waals surface area contributed by atoms with Gasteiger partial charge in [-0.3, -0.25) is 4.79 Å². The van der Waals surface area contributed by atoms with Gasteiger partial charge in [0.1, 0.15) is 22.6 Å². The summed E-state index contributed by atoms with van der Waals surface area (Å²) in [5.41, 5.74) is 2.43. The number of rotatable bonds is 8. The summed E-state index contributed by atoms with van der Waals surface area (Å²) in [6.07, 6.45) is 1.40. The zero-order chi connectivity index (χ0) is 22.0. The third-order valence-electron chi connectivity index (χ3n) is 4.87. The molecule has 0 aliphatic carbocycles. The number of benzene rings is 1. The highest BCUT2D eigenvalue weighted by atomic mass is 32.1. The smallest absolute Gasteiger partial charge is 0.264 e. The molecule has 4 rings (SSSR count). The molecule has 0 bridgehead atoms. The number of aryl methyl sites for hydroxylation is 2. The van der Waals surface area contributed by atoms with Crippen molar-refractivity contribution in [3.8, 4) is 5.75 Å². The van der Waals surface area contributed by atoms with Crippen molar-refractivity contribution in [1.82, 2.24) is 20.1 Å². The Balaban J connectivity index is 1.40. The van der Waals surface area contributed by atoms with E-state index in [1.165, 1.54) is 11.3 Å². The second-order valence-corrected chi connectivity index (χ2v) is 8.84. The highest BCUT2D eigenvalue weighted by Crippen LogP contribution is 2.31. The van der Waals surface area contributed by atoms with Gasteiger partial charge in [-0.25, -0.2) is 15.0 Å². The van der Waals surface area contributed by atoms with Crippen molar-refractivity contribution in [3.63, 3.8) is 0 Å². The van der Waals surface area contributed by atoms with Gasteiger partial charge in [-0.2, -0.15) is 0 Å². The summed E-state index contributed by atoms with van der Waals surface area (Å²) in [7, 11) is 4.00. The van der Waals surface area contributed by atoms with Gasteiger partial charge in [0.05, 0.1) is 35.9 Å². The minimum absolute atomic E-state index is 0.146. The van der Waals surface area contributed by atoms with Crippen LogP contribution in [-0.4, -0.2) is 79.6 Å². The van der Waals surface area contributed by atoms with Crippen LogP contribution in [0.4, 0.5) is 5.69 Å². The Hall–Kier alpha value is -2.82. The third kappa shape index (κ3) is 4.92. The van der Waals surface area contributed by atoms with Crippen LogP contribution in [0.3, 0.4) is 0 Å². The van der Waals surface area contributed by atoms with E-state index in [4.69, 9.17) is 14.5 Å². The molecule has 0 saturated carbocycles. The lowest BCUT2D eigenvalue weighted by Gasteiger charge is -2.21. The minimum Gasteiger partial charge on any atom is -0.467 e. The Kier molecular flexibility index (Phi) is 6.30. The molecule has 1 N–H and O–H groups in total. The number of nitrogens with zero attached hydrogens (tertiary/aromatic N) is 5. The standard InChI is InChI=1S/C21H26N6O3S/c1-13-19(31-14(2)23-13)21(28)25-18-10-27-11-22-17-9-15(5-6-16(17)20(27)24-18)30-12-29-8-7-26(3)4/h5-6,9,11,18H,7-8,10,12H2,1-4H3,(H,25,28). The molecule has 0 radical (unpaired) electrons. The average molecular weight is 443 g/mol. The van der Waals surface area contributed by atoms with Gasteiger partial charge in [-0.15, -0.1) is 11.3 Å². The van der Waals surface area contributed by atoms with Crippen LogP contribution in [-0.2, 0) is 4.74 Å². The van der Waals surface area contributed by atoms with Crippen molar-refractivity contribution < 1.29 is 14.3 Å². The second kappa shape index (κ2) is 9.13. The number of fused-ring (bicyclic) bond motifs is 3. The fraction of sp³-hybridized carbons (Fsp3) is 0.429. The van der Waals surface area contributed by atoms with Gasteiger partial charge in [-0.05, 0) is 40.1 Å². The number of thiazole rings is 1. The lowest BCUT2D eigenvalue weighted by molar-refractivity contribution is 0.00964. The fourth-order valence-corrected chi connectivity index (χ4v) is 4.17. The average Bonchev–Trinajstić information content (AvgIpc) is 3.29. The Morgan fingerprint density at radius 3 is 2.94 bits per heavy atom. The van der Waals surface area contributed by atoms with Crippen molar-refractivity contribution in [3.05, 3.63) is 39.3 Å². The summed E-state index contributed by atoms with van der Waals surface area (Å²) in [6, 6.07) is 5.69. The summed E-state index contributed by atoms with van der Waals surface area (Å²) in [5.74, 6) is 1.34. The summed E-state index contributed by atoms with van der Waals surface area (Å²) >= 11 is 1.39. The largest absolute Gasteiger partial charge is 0.467 e. The molecule has 164 valence electrons. The van der Waals surface area contributed by atoms with Gasteiger partial charge in [0.25, 0.3) is 5.91 Å². The van der Waals surface area contributed by atoms with Crippen molar-refractivity contribution >= 4 is 35.1 Å². The van der Waals surface area contributed by atoms with E-state index >= 15 is 0 Å². The Morgan fingerprint density at radius 2 is 2.19 bits per heavy atom. The maximum absolute atomic E-state index is 12.6. The molecule has 1 unspecified atom stereocenters. The quantitative estimate of drug-likeness (QED) is 0.498. The number of hydrogen-bond donors (Lipinski definition) is 1. The van der Waals surface area contributed by atoms with E-state index in [0.717, 1.165) is 34.3 Å². The number of amidine groups is 1. The molecule has 1 aromatic heterocycles. The van der Waals surface area contributed by atoms with Crippen molar-refractivity contribution in [2.45, 2.75) is 20.0 Å². The predicted octanol–water partition coefficient (Wildman–Crippen LogP) is 2.17. The van der Waals surface area contributed by atoms with Crippen molar-refractivity contribution in [2.24, 2.45) is 9.98 Å². The van der Waals surface area contributed by atoms with Crippen LogP contribution < -0.4 is 10.1 Å². The zero-order valence-electron chi connectivity index (χ0n) is 18.1. The molecular weight excluding hydrogens is 416 g/mol. The first-order chi connectivity index (χ1) is 14.9. The van der Waals surface area contributed by atoms with Gasteiger partial charge in [0.15, 0.2) is 6.79 Å². The first kappa shape index (κ1) is 21.4. The zero-order valence-corrected chi connectivity index (χ0v) is 18.9. The van der Waals surface area contributed by atoms with E-state index in [-0.39, 0.29) is 18.9 Å². The molecule has 0 spiro atoms. The molecule has 1 amide bonds. The number of carbonyl (C=O) groups is 1. The predicted molar refractivity (Wildman–Crippen MR) is 121 cm³/mol. The van der Waals surface area contributed by atoms with E-state index in [1.807, 2.05) is 51.0 Å². The normalized spacial score (nSPS) is 16.9. The molecule has 1 atom stereocenters. The lowest BCUT2D eigenvalue weighted by atomic mass is 10.1. The van der Waals surface area contributed by atoms with Crippen LogP contribution in [0.15, 0.2) is 28.2 Å². The van der Waals surface area contributed by atoms with Gasteiger partial charge in [0, 0.05) is 18.2 Å². The number of aromatic nitrogens is 1. The Morgan fingerprint density at radius 1 is 1.35 bits per heavy atom. The Bertz CT molecular complexity index is 1030. The van der Waals surface area contributed by atoms with Crippen LogP contribution in [0, 0.1) is 13.8 Å². The monoisotopic (exact) mass is 442 g/mol. The van der Waals surface area contributed by atoms with Crippen molar-refractivity contribution in [1.29, 1.82) is 0 Å². The molecule has 2 aromatic rings. The molecule has 1 aromatic carbocycles. The highest BCUT2D eigenvalue weighted by Gasteiger charge is 2.31. The number of ether oxygens (including phenoxy) is 2. The van der Waals surface area contributed by atoms with Crippen LogP contribution in [0.5, 0.6) is 5.75 Å². The van der Waals surface area contributed by atoms with E-state index in [1.54, 1.807) is 6.34 Å².